The summed E-state index contributed by atoms with van der Waals surface area (Å²) in [6.07, 6.45) is 1.49. The molecule has 0 aliphatic rings. The zero-order valence-electron chi connectivity index (χ0n) is 31.4. The highest BCUT2D eigenvalue weighted by molar-refractivity contribution is 7.98. The molecule has 0 unspecified atom stereocenters. The van der Waals surface area contributed by atoms with Gasteiger partial charge in [-0.25, -0.2) is 4.79 Å². The Morgan fingerprint density at radius 1 is 0.727 bits per heavy atom. The van der Waals surface area contributed by atoms with Gasteiger partial charge in [0.2, 0.25) is 35.4 Å². The van der Waals surface area contributed by atoms with E-state index in [2.05, 4.69) is 26.6 Å². The second kappa shape index (κ2) is 23.2. The summed E-state index contributed by atoms with van der Waals surface area (Å²) in [5, 5.41) is 21.7. The minimum Gasteiger partial charge on any atom is -0.481 e. The molecule has 0 saturated carbocycles. The number of thioether (sulfide) groups is 1. The number of nitrogens with two attached hydrogens (primary N) is 2. The molecule has 55 heavy (non-hydrogen) atoms. The first kappa shape index (κ1) is 45.5. The molecule has 300 valence electrons. The first-order valence-electron chi connectivity index (χ1n) is 17.6. The number of nitrogens with one attached hydrogen (secondary N) is 5. The predicted octanol–water partition coefficient (Wildman–Crippen LogP) is -0.334. The van der Waals surface area contributed by atoms with E-state index < -0.39 is 90.6 Å². The van der Waals surface area contributed by atoms with Crippen molar-refractivity contribution in [2.24, 2.45) is 17.4 Å². The summed E-state index contributed by atoms with van der Waals surface area (Å²) in [6, 6.07) is 10.1. The van der Waals surface area contributed by atoms with E-state index in [-0.39, 0.29) is 25.2 Å². The fraction of sp³-hybridized carbons (Fsp3) is 0.459. The van der Waals surface area contributed by atoms with Crippen LogP contribution < -0.4 is 38.1 Å². The number of benzene rings is 2. The van der Waals surface area contributed by atoms with Crippen LogP contribution in [0.4, 0.5) is 4.79 Å². The Morgan fingerprint density at radius 2 is 1.27 bits per heavy atom. The molecular formula is C37H52N8O9S. The second-order valence-corrected chi connectivity index (χ2v) is 14.3. The van der Waals surface area contributed by atoms with Crippen LogP contribution in [0.5, 0.6) is 0 Å². The Hall–Kier alpha value is -5.65. The standard InChI is InChI=1S/C37H52N8O9S/c1-22(2)17-26(33(50)42-25(32(38)49)15-16-55-4)41-30(46)21-40-35(52)29(19-24-13-9-6-10-14-24)45(3)36(53)28(18-23-11-7-5-8-12-23)43-34(51)27(20-31(47)48)44-37(39)54/h5-14,22,25-29H,15-21H2,1-4H3,(H2,38,49)(H,40,52)(H,41,46)(H,42,50)(H,43,51)(H,47,48)(H3,39,44,54)/t25-,26-,27-,28-,29-/m0/s1. The van der Waals surface area contributed by atoms with E-state index in [1.165, 1.54) is 18.8 Å². The van der Waals surface area contributed by atoms with Crippen LogP contribution in [0.2, 0.25) is 0 Å². The van der Waals surface area contributed by atoms with E-state index in [4.69, 9.17) is 11.5 Å². The van der Waals surface area contributed by atoms with Crippen molar-refractivity contribution < 1.29 is 43.5 Å². The summed E-state index contributed by atoms with van der Waals surface area (Å²) in [5.74, 6) is -5.34. The van der Waals surface area contributed by atoms with Gasteiger partial charge in [-0.15, -0.1) is 0 Å². The number of rotatable bonds is 23. The molecule has 5 atom stereocenters. The van der Waals surface area contributed by atoms with E-state index >= 15 is 0 Å². The SMILES string of the molecule is CSCC[C@H](NC(=O)[C@H](CC(C)C)NC(=O)CNC(=O)[C@H](Cc1ccccc1)N(C)C(=O)[C@H](Cc1ccccc1)NC(=O)[C@H](CC(=O)O)NC(N)=O)C(N)=O. The van der Waals surface area contributed by atoms with Gasteiger partial charge in [0.25, 0.3) is 0 Å². The molecule has 0 bridgehead atoms. The maximum Gasteiger partial charge on any atom is 0.312 e. The van der Waals surface area contributed by atoms with E-state index in [9.17, 15) is 43.5 Å². The normalized spacial score (nSPS) is 13.5. The lowest BCUT2D eigenvalue weighted by Gasteiger charge is -2.32. The van der Waals surface area contributed by atoms with Gasteiger partial charge in [0.05, 0.1) is 13.0 Å². The highest BCUT2D eigenvalue weighted by atomic mass is 32.2. The maximum atomic E-state index is 14.2. The molecule has 0 aliphatic heterocycles. The van der Waals surface area contributed by atoms with Crippen molar-refractivity contribution in [3.8, 4) is 0 Å². The third-order valence-corrected chi connectivity index (χ3v) is 9.00. The number of amides is 8. The minimum atomic E-state index is -1.60. The molecule has 0 aromatic heterocycles. The molecule has 2 rings (SSSR count). The largest absolute Gasteiger partial charge is 0.481 e. The highest BCUT2D eigenvalue weighted by Gasteiger charge is 2.35. The van der Waals surface area contributed by atoms with Crippen LogP contribution in [0.25, 0.3) is 0 Å². The number of hydrogen-bond acceptors (Lipinski definition) is 9. The van der Waals surface area contributed by atoms with Crippen LogP contribution in [0.15, 0.2) is 60.7 Å². The monoisotopic (exact) mass is 784 g/mol. The molecular weight excluding hydrogens is 733 g/mol. The van der Waals surface area contributed by atoms with Gasteiger partial charge in [-0.1, -0.05) is 74.5 Å². The zero-order chi connectivity index (χ0) is 41.1. The van der Waals surface area contributed by atoms with Crippen LogP contribution >= 0.6 is 11.8 Å². The number of aliphatic carboxylic acids is 1. The van der Waals surface area contributed by atoms with Gasteiger partial charge in [0.15, 0.2) is 0 Å². The lowest BCUT2D eigenvalue weighted by molar-refractivity contribution is -0.143. The average molecular weight is 785 g/mol. The van der Waals surface area contributed by atoms with Crippen LogP contribution in [0, 0.1) is 5.92 Å². The Kier molecular flexibility index (Phi) is 19.2. The summed E-state index contributed by atoms with van der Waals surface area (Å²) in [4.78, 5) is 104. The molecule has 0 aliphatic carbocycles. The highest BCUT2D eigenvalue weighted by Crippen LogP contribution is 2.14. The van der Waals surface area contributed by atoms with Gasteiger partial charge in [0.1, 0.15) is 30.2 Å². The topological polar surface area (TPSA) is 272 Å². The van der Waals surface area contributed by atoms with Crippen molar-refractivity contribution in [3.63, 3.8) is 0 Å². The molecule has 18 heteroatoms. The number of carboxylic acid groups (broad SMARTS) is 1. The Labute approximate surface area is 324 Å². The van der Waals surface area contributed by atoms with Crippen molar-refractivity contribution in [1.82, 2.24) is 31.5 Å². The van der Waals surface area contributed by atoms with Crippen LogP contribution in [-0.2, 0) is 46.4 Å². The molecule has 0 fully saturated rings. The zero-order valence-corrected chi connectivity index (χ0v) is 32.2. The second-order valence-electron chi connectivity index (χ2n) is 13.3. The Balaban J connectivity index is 2.34. The predicted molar refractivity (Wildman–Crippen MR) is 206 cm³/mol. The van der Waals surface area contributed by atoms with Gasteiger partial charge >= 0.3 is 12.0 Å². The summed E-state index contributed by atoms with van der Waals surface area (Å²) < 4.78 is 0. The molecule has 0 saturated heterocycles. The molecule has 0 spiro atoms. The van der Waals surface area contributed by atoms with Gasteiger partial charge in [-0.05, 0) is 41.9 Å². The third-order valence-electron chi connectivity index (χ3n) is 8.35. The van der Waals surface area contributed by atoms with Crippen molar-refractivity contribution in [1.29, 1.82) is 0 Å². The number of hydrogen-bond donors (Lipinski definition) is 8. The number of urea groups is 1. The third kappa shape index (κ3) is 16.5. The molecule has 8 amide bonds. The lowest BCUT2D eigenvalue weighted by Crippen LogP contribution is -2.59. The van der Waals surface area contributed by atoms with Crippen LogP contribution in [-0.4, -0.2) is 113 Å². The molecule has 2 aromatic rings. The number of carbonyl (C=O) groups is 8. The van der Waals surface area contributed by atoms with Crippen molar-refractivity contribution in [2.45, 2.75) is 76.2 Å². The molecule has 17 nitrogen and oxygen atoms in total. The summed E-state index contributed by atoms with van der Waals surface area (Å²) in [6.45, 7) is 3.13. The summed E-state index contributed by atoms with van der Waals surface area (Å²) >= 11 is 1.48. The van der Waals surface area contributed by atoms with Gasteiger partial charge in [0, 0.05) is 19.9 Å². The van der Waals surface area contributed by atoms with E-state index in [0.717, 1.165) is 4.90 Å². The van der Waals surface area contributed by atoms with Crippen molar-refractivity contribution >= 4 is 59.2 Å². The summed E-state index contributed by atoms with van der Waals surface area (Å²) in [5.41, 5.74) is 11.9. The van der Waals surface area contributed by atoms with Crippen molar-refractivity contribution in [3.05, 3.63) is 71.8 Å². The molecule has 0 radical (unpaired) electrons. The van der Waals surface area contributed by atoms with E-state index in [1.54, 1.807) is 60.7 Å². The number of primary amides is 2. The number of carbonyl (C=O) groups excluding carboxylic acids is 7. The fourth-order valence-electron chi connectivity index (χ4n) is 5.55. The van der Waals surface area contributed by atoms with E-state index in [1.807, 2.05) is 20.1 Å². The summed E-state index contributed by atoms with van der Waals surface area (Å²) in [7, 11) is 1.35. The number of carboxylic acids is 1. The maximum absolute atomic E-state index is 14.2. The molecule has 2 aromatic carbocycles. The quantitative estimate of drug-likeness (QED) is 0.0727. The van der Waals surface area contributed by atoms with E-state index in [0.29, 0.717) is 23.3 Å². The minimum absolute atomic E-state index is 0.00363. The van der Waals surface area contributed by atoms with Gasteiger partial charge in [-0.3, -0.25) is 33.6 Å². The Bertz CT molecular complexity index is 1610. The average Bonchev–Trinajstić information content (AvgIpc) is 3.13. The first-order valence-corrected chi connectivity index (χ1v) is 19.0. The van der Waals surface area contributed by atoms with Gasteiger partial charge < -0.3 is 48.1 Å². The fourth-order valence-corrected chi connectivity index (χ4v) is 6.02. The molecule has 10 N–H and O–H groups in total. The molecule has 0 heterocycles. The van der Waals surface area contributed by atoms with Gasteiger partial charge in [-0.2, -0.15) is 11.8 Å². The lowest BCUT2D eigenvalue weighted by atomic mass is 10.0. The van der Waals surface area contributed by atoms with Crippen LogP contribution in [0.1, 0.15) is 44.2 Å². The first-order chi connectivity index (χ1) is 26.0. The van der Waals surface area contributed by atoms with Crippen LogP contribution in [0.3, 0.4) is 0 Å². The van der Waals surface area contributed by atoms with Crippen molar-refractivity contribution in [2.75, 3.05) is 25.6 Å². The number of nitrogens with zero attached hydrogens (tertiary/aromatic N) is 1. The smallest absolute Gasteiger partial charge is 0.312 e. The Morgan fingerprint density at radius 3 is 1.78 bits per heavy atom. The number of likely N-dealkylation sites (N-methyl/N-ethyl adjacent to an activating group) is 1.